The van der Waals surface area contributed by atoms with Gasteiger partial charge in [0.05, 0.1) is 19.3 Å². The van der Waals surface area contributed by atoms with E-state index in [4.69, 9.17) is 30.1 Å². The Morgan fingerprint density at radius 2 is 2.35 bits per heavy atom. The van der Waals surface area contributed by atoms with Crippen molar-refractivity contribution >= 4 is 18.5 Å². The summed E-state index contributed by atoms with van der Waals surface area (Å²) in [6.45, 7) is 2.87. The molecule has 0 aromatic carbocycles. The topological polar surface area (TPSA) is 91.8 Å². The van der Waals surface area contributed by atoms with Gasteiger partial charge in [-0.3, -0.25) is 14.3 Å². The van der Waals surface area contributed by atoms with Gasteiger partial charge in [0, 0.05) is 18.2 Å². The number of aromatic amines is 1. The summed E-state index contributed by atoms with van der Waals surface area (Å²) in [6.07, 6.45) is 2.29. The Morgan fingerprint density at radius 1 is 1.57 bits per heavy atom. The largest absolute Gasteiger partial charge is 0.349 e. The molecule has 2 aliphatic rings. The third kappa shape index (κ3) is 3.40. The van der Waals surface area contributed by atoms with Gasteiger partial charge in [-0.05, 0) is 18.7 Å². The van der Waals surface area contributed by atoms with Crippen molar-refractivity contribution in [3.05, 3.63) is 45.3 Å². The number of hydrogen-bond acceptors (Lipinski definition) is 7. The van der Waals surface area contributed by atoms with Crippen molar-refractivity contribution in [2.24, 2.45) is 0 Å². The second-order valence-corrected chi connectivity index (χ2v) is 8.28. The van der Waals surface area contributed by atoms with Crippen LogP contribution in [0.5, 0.6) is 0 Å². The molecule has 0 radical (unpaired) electrons. The van der Waals surface area contributed by atoms with Gasteiger partial charge in [-0.1, -0.05) is 6.08 Å². The summed E-state index contributed by atoms with van der Waals surface area (Å²) in [6, 6.07) is 0. The Balaban J connectivity index is 1.77. The number of H-pyrrole nitrogens is 1. The number of nitrogens with one attached hydrogen (secondary N) is 1. The highest BCUT2D eigenvalue weighted by atomic mass is 32.5. The number of fused-ring (bicyclic) bond motifs is 1. The van der Waals surface area contributed by atoms with Gasteiger partial charge in [0.25, 0.3) is 5.56 Å². The molecule has 1 N–H and O–H groups in total. The number of aryl methyl sites for hydroxylation is 1. The van der Waals surface area contributed by atoms with Crippen LogP contribution in [0.3, 0.4) is 0 Å². The van der Waals surface area contributed by atoms with Gasteiger partial charge in [0.15, 0.2) is 0 Å². The SMILES string of the molecule is C=CCOP1(=S)OCC2OC(n3cc(C)c(=O)[nH]c3=O)CC2O1. The molecule has 0 saturated carbocycles. The molecule has 3 rings (SSSR count). The summed E-state index contributed by atoms with van der Waals surface area (Å²) >= 11 is 5.29. The maximum atomic E-state index is 12.0. The first-order chi connectivity index (χ1) is 10.9. The minimum Gasteiger partial charge on any atom is -0.349 e. The fourth-order valence-electron chi connectivity index (χ4n) is 2.50. The molecule has 2 aliphatic heterocycles. The Morgan fingerprint density at radius 3 is 3.09 bits per heavy atom. The van der Waals surface area contributed by atoms with E-state index >= 15 is 0 Å². The summed E-state index contributed by atoms with van der Waals surface area (Å²) < 4.78 is 23.9. The van der Waals surface area contributed by atoms with Crippen LogP contribution in [-0.2, 0) is 30.1 Å². The Kier molecular flexibility index (Phi) is 4.68. The second kappa shape index (κ2) is 6.43. The van der Waals surface area contributed by atoms with Crippen molar-refractivity contribution in [2.45, 2.75) is 31.8 Å². The molecule has 0 amide bonds. The van der Waals surface area contributed by atoms with Gasteiger partial charge in [-0.15, -0.1) is 6.58 Å². The van der Waals surface area contributed by atoms with E-state index in [2.05, 4.69) is 11.6 Å². The zero-order chi connectivity index (χ0) is 16.6. The number of ether oxygens (including phenoxy) is 1. The minimum absolute atomic E-state index is 0.243. The standard InChI is InChI=1S/C13H17N2O6PS/c1-3-4-18-22(23)19-7-10-9(21-22)5-11(20-10)15-6-8(2)12(16)14-13(15)17/h3,6,9-11H,1,4-5,7H2,2H3,(H,14,16,17). The number of nitrogens with zero attached hydrogens (tertiary/aromatic N) is 1. The van der Waals surface area contributed by atoms with E-state index < -0.39 is 24.2 Å². The van der Waals surface area contributed by atoms with Gasteiger partial charge in [0.2, 0.25) is 0 Å². The first-order valence-corrected chi connectivity index (χ1v) is 9.63. The van der Waals surface area contributed by atoms with Crippen molar-refractivity contribution in [1.82, 2.24) is 9.55 Å². The van der Waals surface area contributed by atoms with E-state index in [1.54, 1.807) is 13.0 Å². The van der Waals surface area contributed by atoms with Gasteiger partial charge in [-0.25, -0.2) is 4.79 Å². The lowest BCUT2D eigenvalue weighted by Gasteiger charge is -2.32. The normalized spacial score (nSPS) is 33.3. The molecule has 0 bridgehead atoms. The van der Waals surface area contributed by atoms with E-state index in [1.807, 2.05) is 0 Å². The maximum Gasteiger partial charge on any atom is 0.330 e. The molecule has 0 aliphatic carbocycles. The van der Waals surface area contributed by atoms with Crippen molar-refractivity contribution < 1.29 is 18.3 Å². The van der Waals surface area contributed by atoms with Gasteiger partial charge < -0.3 is 18.3 Å². The molecule has 1 aromatic heterocycles. The maximum absolute atomic E-state index is 12.0. The summed E-state index contributed by atoms with van der Waals surface area (Å²) in [4.78, 5) is 25.7. The molecule has 4 atom stereocenters. The highest BCUT2D eigenvalue weighted by Crippen LogP contribution is 2.56. The minimum atomic E-state index is -2.81. The van der Waals surface area contributed by atoms with Crippen molar-refractivity contribution in [2.75, 3.05) is 13.2 Å². The fraction of sp³-hybridized carbons (Fsp3) is 0.538. The van der Waals surface area contributed by atoms with Crippen LogP contribution in [0.15, 0.2) is 28.4 Å². The van der Waals surface area contributed by atoms with E-state index in [0.29, 0.717) is 12.0 Å². The molecular formula is C13H17N2O6PS. The van der Waals surface area contributed by atoms with E-state index in [9.17, 15) is 9.59 Å². The molecule has 4 unspecified atom stereocenters. The average Bonchev–Trinajstić information content (AvgIpc) is 2.91. The van der Waals surface area contributed by atoms with Crippen LogP contribution in [0.2, 0.25) is 0 Å². The molecule has 3 heterocycles. The van der Waals surface area contributed by atoms with E-state index in [0.717, 1.165) is 0 Å². The highest BCUT2D eigenvalue weighted by molar-refractivity contribution is 8.07. The number of hydrogen-bond donors (Lipinski definition) is 1. The number of rotatable bonds is 4. The molecule has 10 heteroatoms. The highest BCUT2D eigenvalue weighted by Gasteiger charge is 2.45. The number of aromatic nitrogens is 2. The smallest absolute Gasteiger partial charge is 0.330 e. The van der Waals surface area contributed by atoms with Crippen molar-refractivity contribution in [1.29, 1.82) is 0 Å². The molecule has 23 heavy (non-hydrogen) atoms. The van der Waals surface area contributed by atoms with Crippen LogP contribution in [0.25, 0.3) is 0 Å². The third-order valence-electron chi connectivity index (χ3n) is 3.65. The zero-order valence-electron chi connectivity index (χ0n) is 12.5. The summed E-state index contributed by atoms with van der Waals surface area (Å²) in [5, 5.41) is 0. The van der Waals surface area contributed by atoms with Gasteiger partial charge in [0.1, 0.15) is 12.3 Å². The summed E-state index contributed by atoms with van der Waals surface area (Å²) in [5.74, 6) is 0. The van der Waals surface area contributed by atoms with E-state index in [1.165, 1.54) is 10.8 Å². The van der Waals surface area contributed by atoms with Gasteiger partial charge >= 0.3 is 12.4 Å². The Bertz CT molecular complexity index is 774. The average molecular weight is 360 g/mol. The van der Waals surface area contributed by atoms with Crippen molar-refractivity contribution in [3.63, 3.8) is 0 Å². The molecule has 2 fully saturated rings. The molecular weight excluding hydrogens is 343 g/mol. The van der Waals surface area contributed by atoms with Crippen LogP contribution < -0.4 is 11.2 Å². The fourth-order valence-corrected chi connectivity index (χ4v) is 4.57. The Labute approximate surface area is 137 Å². The predicted octanol–water partition coefficient (Wildman–Crippen LogP) is 0.975. The lowest BCUT2D eigenvalue weighted by Crippen LogP contribution is -2.34. The van der Waals surface area contributed by atoms with Crippen molar-refractivity contribution in [3.8, 4) is 0 Å². The molecule has 2 saturated heterocycles. The first kappa shape index (κ1) is 16.8. The zero-order valence-corrected chi connectivity index (χ0v) is 14.2. The second-order valence-electron chi connectivity index (χ2n) is 5.31. The van der Waals surface area contributed by atoms with Crippen LogP contribution in [0.1, 0.15) is 18.2 Å². The first-order valence-electron chi connectivity index (χ1n) is 7.08. The molecule has 0 spiro atoms. The Hall–Kier alpha value is -1.09. The molecule has 8 nitrogen and oxygen atoms in total. The molecule has 1 aromatic rings. The van der Waals surface area contributed by atoms with Gasteiger partial charge in [-0.2, -0.15) is 0 Å². The lowest BCUT2D eigenvalue weighted by molar-refractivity contribution is -0.0624. The summed E-state index contributed by atoms with van der Waals surface area (Å²) in [7, 11) is 0. The molecule has 126 valence electrons. The predicted molar refractivity (Wildman–Crippen MR) is 85.8 cm³/mol. The van der Waals surface area contributed by atoms with Crippen LogP contribution in [0, 0.1) is 6.92 Å². The quantitative estimate of drug-likeness (QED) is 0.632. The van der Waals surface area contributed by atoms with Crippen LogP contribution in [-0.4, -0.2) is 35.0 Å². The van der Waals surface area contributed by atoms with Crippen LogP contribution in [0.4, 0.5) is 0 Å². The third-order valence-corrected chi connectivity index (χ3v) is 6.00. The lowest BCUT2D eigenvalue weighted by atomic mass is 10.2. The van der Waals surface area contributed by atoms with Crippen LogP contribution >= 0.6 is 6.72 Å². The van der Waals surface area contributed by atoms with E-state index in [-0.39, 0.29) is 25.4 Å². The monoisotopic (exact) mass is 360 g/mol. The summed E-state index contributed by atoms with van der Waals surface area (Å²) in [5.41, 5.74) is -0.498.